The number of sulfonamides is 1. The molecule has 0 atom stereocenters. The summed E-state index contributed by atoms with van der Waals surface area (Å²) >= 11 is 1.14. The van der Waals surface area contributed by atoms with Crippen molar-refractivity contribution in [3.63, 3.8) is 0 Å². The maximum atomic E-state index is 12.6. The van der Waals surface area contributed by atoms with Crippen molar-refractivity contribution in [1.29, 1.82) is 0 Å². The van der Waals surface area contributed by atoms with Crippen molar-refractivity contribution in [2.24, 2.45) is 0 Å². The number of nitrogens with one attached hydrogen (secondary N) is 2. The van der Waals surface area contributed by atoms with E-state index in [9.17, 15) is 13.2 Å². The summed E-state index contributed by atoms with van der Waals surface area (Å²) in [7, 11) is -3.71. The number of anilines is 3. The quantitative estimate of drug-likeness (QED) is 0.565. The van der Waals surface area contributed by atoms with Crippen LogP contribution >= 0.6 is 11.3 Å². The maximum absolute atomic E-state index is 12.6. The minimum atomic E-state index is -3.71. The topological polar surface area (TPSA) is 101 Å². The number of ether oxygens (including phenoxy) is 1. The SMILES string of the molecule is O=C(Cc1csc(NS(=O)(=O)c2ccccc2)n1)Nc1ccccc1N1CCOCC1. The van der Waals surface area contributed by atoms with E-state index in [0.29, 0.717) is 18.9 Å². The zero-order valence-electron chi connectivity index (χ0n) is 16.7. The third-order valence-corrected chi connectivity index (χ3v) is 6.99. The monoisotopic (exact) mass is 458 g/mol. The number of carbonyl (C=O) groups excluding carboxylic acids is 1. The molecule has 2 N–H and O–H groups in total. The fourth-order valence-corrected chi connectivity index (χ4v) is 5.21. The summed E-state index contributed by atoms with van der Waals surface area (Å²) in [5, 5.41) is 4.84. The van der Waals surface area contributed by atoms with Crippen molar-refractivity contribution < 1.29 is 17.9 Å². The van der Waals surface area contributed by atoms with E-state index in [1.54, 1.807) is 23.6 Å². The Bertz CT molecular complexity index is 1140. The lowest BCUT2D eigenvalue weighted by Crippen LogP contribution is -2.36. The molecule has 2 heterocycles. The largest absolute Gasteiger partial charge is 0.378 e. The first-order chi connectivity index (χ1) is 15.0. The van der Waals surface area contributed by atoms with E-state index in [2.05, 4.69) is 19.9 Å². The van der Waals surface area contributed by atoms with Crippen LogP contribution in [0.2, 0.25) is 0 Å². The zero-order chi connectivity index (χ0) is 21.7. The van der Waals surface area contributed by atoms with Crippen molar-refractivity contribution in [3.05, 3.63) is 65.7 Å². The van der Waals surface area contributed by atoms with Crippen LogP contribution in [0.3, 0.4) is 0 Å². The number of morpholine rings is 1. The summed E-state index contributed by atoms with van der Waals surface area (Å²) < 4.78 is 32.7. The van der Waals surface area contributed by atoms with E-state index in [-0.39, 0.29) is 22.4 Å². The van der Waals surface area contributed by atoms with Crippen molar-refractivity contribution in [2.45, 2.75) is 11.3 Å². The second-order valence-electron chi connectivity index (χ2n) is 6.90. The summed E-state index contributed by atoms with van der Waals surface area (Å²) in [6.07, 6.45) is 0.0427. The fraction of sp³-hybridized carbons (Fsp3) is 0.238. The molecule has 10 heteroatoms. The third kappa shape index (κ3) is 5.40. The van der Waals surface area contributed by atoms with Gasteiger partial charge in [0.05, 0.1) is 41.6 Å². The number of hydrogen-bond donors (Lipinski definition) is 2. The van der Waals surface area contributed by atoms with Gasteiger partial charge in [0, 0.05) is 18.5 Å². The van der Waals surface area contributed by atoms with Crippen LogP contribution in [0.25, 0.3) is 0 Å². The Morgan fingerprint density at radius 2 is 1.77 bits per heavy atom. The Morgan fingerprint density at radius 1 is 1.06 bits per heavy atom. The number of carbonyl (C=O) groups is 1. The van der Waals surface area contributed by atoms with Crippen LogP contribution in [0, 0.1) is 0 Å². The first-order valence-corrected chi connectivity index (χ1v) is 12.1. The molecule has 1 aliphatic heterocycles. The Kier molecular flexibility index (Phi) is 6.50. The molecular weight excluding hydrogens is 436 g/mol. The van der Waals surface area contributed by atoms with Gasteiger partial charge < -0.3 is 15.0 Å². The van der Waals surface area contributed by atoms with Gasteiger partial charge in [0.1, 0.15) is 0 Å². The van der Waals surface area contributed by atoms with Gasteiger partial charge in [-0.2, -0.15) is 0 Å². The normalized spacial score (nSPS) is 14.3. The van der Waals surface area contributed by atoms with Crippen LogP contribution in [0.15, 0.2) is 64.9 Å². The number of para-hydroxylation sites is 2. The average Bonchev–Trinajstić information content (AvgIpc) is 3.21. The Hall–Kier alpha value is -2.95. The molecule has 0 bridgehead atoms. The number of aromatic nitrogens is 1. The minimum Gasteiger partial charge on any atom is -0.378 e. The number of amides is 1. The van der Waals surface area contributed by atoms with Crippen LogP contribution in [0.4, 0.5) is 16.5 Å². The number of thiazole rings is 1. The van der Waals surface area contributed by atoms with E-state index in [1.807, 2.05) is 24.3 Å². The number of rotatable bonds is 7. The van der Waals surface area contributed by atoms with Gasteiger partial charge in [0.2, 0.25) is 5.91 Å². The predicted octanol–water partition coefficient (Wildman–Crippen LogP) is 2.96. The average molecular weight is 459 g/mol. The van der Waals surface area contributed by atoms with Gasteiger partial charge in [-0.1, -0.05) is 30.3 Å². The van der Waals surface area contributed by atoms with Gasteiger partial charge in [-0.25, -0.2) is 13.4 Å². The standard InChI is InChI=1S/C21H22N4O4S2/c26-20(23-18-8-4-5-9-19(18)25-10-12-29-13-11-25)14-16-15-30-21(22-16)24-31(27,28)17-6-2-1-3-7-17/h1-9,15H,10-14H2,(H,22,24)(H,23,26). The molecule has 1 amide bonds. The van der Waals surface area contributed by atoms with Crippen molar-refractivity contribution >= 4 is 43.8 Å². The molecule has 1 fully saturated rings. The van der Waals surface area contributed by atoms with Crippen LogP contribution in [0.5, 0.6) is 0 Å². The van der Waals surface area contributed by atoms with E-state index < -0.39 is 10.0 Å². The Balaban J connectivity index is 1.40. The van der Waals surface area contributed by atoms with Gasteiger partial charge in [-0.15, -0.1) is 11.3 Å². The summed E-state index contributed by atoms with van der Waals surface area (Å²) in [4.78, 5) is 19.2. The number of benzene rings is 2. The highest BCUT2D eigenvalue weighted by atomic mass is 32.2. The molecule has 4 rings (SSSR count). The summed E-state index contributed by atoms with van der Waals surface area (Å²) in [6, 6.07) is 15.7. The van der Waals surface area contributed by atoms with Gasteiger partial charge >= 0.3 is 0 Å². The molecule has 2 aromatic carbocycles. The zero-order valence-corrected chi connectivity index (χ0v) is 18.3. The molecule has 0 unspecified atom stereocenters. The molecule has 3 aromatic rings. The van der Waals surface area contributed by atoms with Crippen molar-refractivity contribution in [3.8, 4) is 0 Å². The van der Waals surface area contributed by atoms with Crippen LogP contribution < -0.4 is 14.9 Å². The molecule has 0 saturated carbocycles. The molecule has 1 aromatic heterocycles. The van der Waals surface area contributed by atoms with Crippen LogP contribution in [-0.4, -0.2) is 45.6 Å². The van der Waals surface area contributed by atoms with E-state index in [0.717, 1.165) is 35.8 Å². The highest BCUT2D eigenvalue weighted by molar-refractivity contribution is 7.93. The van der Waals surface area contributed by atoms with E-state index in [4.69, 9.17) is 4.74 Å². The van der Waals surface area contributed by atoms with Gasteiger partial charge in [-0.05, 0) is 24.3 Å². The lowest BCUT2D eigenvalue weighted by Gasteiger charge is -2.30. The molecule has 162 valence electrons. The highest BCUT2D eigenvalue weighted by Crippen LogP contribution is 2.27. The highest BCUT2D eigenvalue weighted by Gasteiger charge is 2.18. The second-order valence-corrected chi connectivity index (χ2v) is 9.44. The fourth-order valence-electron chi connectivity index (χ4n) is 3.23. The van der Waals surface area contributed by atoms with Gasteiger partial charge in [0.15, 0.2) is 5.13 Å². The predicted molar refractivity (Wildman–Crippen MR) is 121 cm³/mol. The maximum Gasteiger partial charge on any atom is 0.263 e. The van der Waals surface area contributed by atoms with Crippen molar-refractivity contribution in [2.75, 3.05) is 41.2 Å². The second kappa shape index (κ2) is 9.46. The minimum absolute atomic E-state index is 0.0427. The lowest BCUT2D eigenvalue weighted by molar-refractivity contribution is -0.115. The lowest BCUT2D eigenvalue weighted by atomic mass is 10.2. The Morgan fingerprint density at radius 3 is 2.55 bits per heavy atom. The number of hydrogen-bond acceptors (Lipinski definition) is 7. The molecule has 31 heavy (non-hydrogen) atoms. The van der Waals surface area contributed by atoms with Crippen LogP contribution in [0.1, 0.15) is 5.69 Å². The summed E-state index contributed by atoms with van der Waals surface area (Å²) in [5.74, 6) is -0.219. The molecule has 8 nitrogen and oxygen atoms in total. The summed E-state index contributed by atoms with van der Waals surface area (Å²) in [6.45, 7) is 2.85. The van der Waals surface area contributed by atoms with Gasteiger partial charge in [0.25, 0.3) is 10.0 Å². The molecule has 0 spiro atoms. The first-order valence-electron chi connectivity index (χ1n) is 9.75. The molecule has 1 aliphatic rings. The molecular formula is C21H22N4O4S2. The van der Waals surface area contributed by atoms with Gasteiger partial charge in [-0.3, -0.25) is 9.52 Å². The molecule has 1 saturated heterocycles. The Labute approximate surface area is 184 Å². The third-order valence-electron chi connectivity index (χ3n) is 4.70. The van der Waals surface area contributed by atoms with E-state index in [1.165, 1.54) is 12.1 Å². The van der Waals surface area contributed by atoms with E-state index >= 15 is 0 Å². The number of nitrogens with zero attached hydrogens (tertiary/aromatic N) is 2. The molecule has 0 aliphatic carbocycles. The van der Waals surface area contributed by atoms with Crippen molar-refractivity contribution in [1.82, 2.24) is 4.98 Å². The molecule has 0 radical (unpaired) electrons. The summed E-state index contributed by atoms with van der Waals surface area (Å²) in [5.41, 5.74) is 2.18. The first kappa shape index (κ1) is 21.3. The smallest absolute Gasteiger partial charge is 0.263 e. The van der Waals surface area contributed by atoms with Crippen LogP contribution in [-0.2, 0) is 26.0 Å².